The molecule has 0 unspecified atom stereocenters. The topological polar surface area (TPSA) is 61.4 Å². The molecule has 1 aromatic rings. The van der Waals surface area contributed by atoms with Gasteiger partial charge < -0.3 is 15.7 Å². The summed E-state index contributed by atoms with van der Waals surface area (Å²) in [4.78, 5) is 11.1. The Labute approximate surface area is 135 Å². The van der Waals surface area contributed by atoms with E-state index in [0.717, 1.165) is 37.8 Å². The van der Waals surface area contributed by atoms with Crippen LogP contribution in [-0.4, -0.2) is 29.1 Å². The summed E-state index contributed by atoms with van der Waals surface area (Å²) in [5.74, 6) is -1.88. The van der Waals surface area contributed by atoms with Crippen molar-refractivity contribution < 1.29 is 18.7 Å². The molecule has 23 heavy (non-hydrogen) atoms. The third kappa shape index (κ3) is 4.97. The number of aliphatic hydroxyl groups is 1. The van der Waals surface area contributed by atoms with Gasteiger partial charge in [0.1, 0.15) is 0 Å². The number of aliphatic hydroxyl groups excluding tert-OH is 1. The zero-order valence-electron chi connectivity index (χ0n) is 13.5. The van der Waals surface area contributed by atoms with Crippen LogP contribution in [0.2, 0.25) is 0 Å². The van der Waals surface area contributed by atoms with Crippen LogP contribution in [0.1, 0.15) is 51.2 Å². The summed E-state index contributed by atoms with van der Waals surface area (Å²) < 4.78 is 26.2. The normalized spacial score (nSPS) is 24.0. The van der Waals surface area contributed by atoms with Crippen molar-refractivity contribution in [3.8, 4) is 0 Å². The van der Waals surface area contributed by atoms with Crippen molar-refractivity contribution >= 4 is 5.91 Å². The molecule has 3 N–H and O–H groups in total. The Bertz CT molecular complexity index is 545. The minimum atomic E-state index is -0.954. The Morgan fingerprint density at radius 3 is 2.35 bits per heavy atom. The summed E-state index contributed by atoms with van der Waals surface area (Å²) in [6, 6.07) is 3.65. The second-order valence-corrected chi connectivity index (χ2v) is 6.32. The zero-order chi connectivity index (χ0) is 17.0. The van der Waals surface area contributed by atoms with Crippen LogP contribution in [0.5, 0.6) is 0 Å². The molecular weight excluding hydrogens is 302 g/mol. The van der Waals surface area contributed by atoms with E-state index in [2.05, 4.69) is 10.6 Å². The summed E-state index contributed by atoms with van der Waals surface area (Å²) >= 11 is 0. The van der Waals surface area contributed by atoms with Gasteiger partial charge in [-0.2, -0.15) is 0 Å². The van der Waals surface area contributed by atoms with Crippen LogP contribution < -0.4 is 10.6 Å². The molecule has 0 aliphatic heterocycles. The highest BCUT2D eigenvalue weighted by Crippen LogP contribution is 2.23. The molecule has 2 rings (SSSR count). The van der Waals surface area contributed by atoms with Crippen LogP contribution in [0.25, 0.3) is 0 Å². The molecule has 0 radical (unpaired) electrons. The fourth-order valence-electron chi connectivity index (χ4n) is 3.14. The molecule has 1 aromatic carbocycles. The zero-order valence-corrected chi connectivity index (χ0v) is 13.5. The van der Waals surface area contributed by atoms with Crippen LogP contribution in [0, 0.1) is 11.6 Å². The third-order valence-corrected chi connectivity index (χ3v) is 4.39. The van der Waals surface area contributed by atoms with Crippen molar-refractivity contribution in [3.05, 3.63) is 35.4 Å². The molecule has 1 aliphatic rings. The van der Waals surface area contributed by atoms with E-state index >= 15 is 0 Å². The van der Waals surface area contributed by atoms with Gasteiger partial charge in [0.2, 0.25) is 5.91 Å². The minimum Gasteiger partial charge on any atom is -0.387 e. The van der Waals surface area contributed by atoms with E-state index in [4.69, 9.17) is 0 Å². The number of carbonyl (C=O) groups is 1. The maximum absolute atomic E-state index is 13.3. The van der Waals surface area contributed by atoms with Gasteiger partial charge in [0.15, 0.2) is 11.6 Å². The maximum Gasteiger partial charge on any atom is 0.217 e. The average molecular weight is 326 g/mol. The van der Waals surface area contributed by atoms with Crippen LogP contribution in [0.3, 0.4) is 0 Å². The van der Waals surface area contributed by atoms with Gasteiger partial charge in [0, 0.05) is 25.0 Å². The van der Waals surface area contributed by atoms with Gasteiger partial charge in [-0.3, -0.25) is 4.79 Å². The molecule has 1 aliphatic carbocycles. The van der Waals surface area contributed by atoms with Gasteiger partial charge in [-0.15, -0.1) is 0 Å². The van der Waals surface area contributed by atoms with E-state index in [-0.39, 0.29) is 24.0 Å². The van der Waals surface area contributed by atoms with Crippen molar-refractivity contribution in [1.82, 2.24) is 10.6 Å². The predicted molar refractivity (Wildman–Crippen MR) is 83.8 cm³/mol. The van der Waals surface area contributed by atoms with Gasteiger partial charge in [-0.1, -0.05) is 6.07 Å². The van der Waals surface area contributed by atoms with Gasteiger partial charge >= 0.3 is 0 Å². The Kier molecular flexibility index (Phi) is 6.07. The molecule has 0 heterocycles. The first-order chi connectivity index (χ1) is 10.9. The number of hydrogen-bond donors (Lipinski definition) is 3. The largest absolute Gasteiger partial charge is 0.387 e. The minimum absolute atomic E-state index is 0.0106. The van der Waals surface area contributed by atoms with Gasteiger partial charge in [-0.05, 0) is 50.3 Å². The molecule has 0 bridgehead atoms. The molecule has 1 amide bonds. The number of rotatable bonds is 5. The van der Waals surface area contributed by atoms with Crippen molar-refractivity contribution in [2.75, 3.05) is 0 Å². The summed E-state index contributed by atoms with van der Waals surface area (Å²) in [7, 11) is 0. The van der Waals surface area contributed by atoms with Crippen LogP contribution in [0.15, 0.2) is 18.2 Å². The average Bonchev–Trinajstić information content (AvgIpc) is 2.50. The summed E-state index contributed by atoms with van der Waals surface area (Å²) in [5, 5.41) is 16.6. The first-order valence-electron chi connectivity index (χ1n) is 8.03. The lowest BCUT2D eigenvalue weighted by molar-refractivity contribution is -0.119. The van der Waals surface area contributed by atoms with Crippen molar-refractivity contribution in [2.24, 2.45) is 0 Å². The first kappa shape index (κ1) is 17.8. The lowest BCUT2D eigenvalue weighted by atomic mass is 9.90. The quantitative estimate of drug-likeness (QED) is 0.779. The van der Waals surface area contributed by atoms with Crippen LogP contribution in [-0.2, 0) is 4.79 Å². The molecule has 2 atom stereocenters. The van der Waals surface area contributed by atoms with Crippen molar-refractivity contribution in [1.29, 1.82) is 0 Å². The van der Waals surface area contributed by atoms with E-state index < -0.39 is 17.7 Å². The van der Waals surface area contributed by atoms with E-state index in [0.29, 0.717) is 5.56 Å². The van der Waals surface area contributed by atoms with E-state index in [1.807, 2.05) is 6.92 Å². The fraction of sp³-hybridized carbons (Fsp3) is 0.588. The molecule has 1 fully saturated rings. The monoisotopic (exact) mass is 326 g/mol. The lowest BCUT2D eigenvalue weighted by Crippen LogP contribution is -2.45. The number of hydrogen-bond acceptors (Lipinski definition) is 3. The molecule has 6 heteroatoms. The Hall–Kier alpha value is -1.53. The second kappa shape index (κ2) is 7.84. The number of nitrogens with one attached hydrogen (secondary N) is 2. The maximum atomic E-state index is 13.3. The molecule has 1 saturated carbocycles. The molecule has 4 nitrogen and oxygen atoms in total. The Morgan fingerprint density at radius 1 is 1.17 bits per heavy atom. The van der Waals surface area contributed by atoms with Crippen LogP contribution in [0.4, 0.5) is 8.78 Å². The second-order valence-electron chi connectivity index (χ2n) is 6.32. The van der Waals surface area contributed by atoms with E-state index in [1.54, 1.807) is 0 Å². The number of carbonyl (C=O) groups excluding carboxylic acids is 1. The highest BCUT2D eigenvalue weighted by Gasteiger charge is 2.25. The SMILES string of the molecule is CC(=O)NC1CCC(N[C@H](C)[C@@H](O)c2ccc(F)c(F)c2)CC1. The van der Waals surface area contributed by atoms with Gasteiger partial charge in [0.05, 0.1) is 6.10 Å². The number of benzene rings is 1. The Morgan fingerprint density at radius 2 is 1.78 bits per heavy atom. The molecule has 0 spiro atoms. The standard InChI is InChI=1S/C17H24F2N2O2/c1-10(17(23)12-3-8-15(18)16(19)9-12)20-13-4-6-14(7-5-13)21-11(2)22/h3,8-10,13-14,17,20,23H,4-7H2,1-2H3,(H,21,22)/t10-,13?,14?,17-/m1/s1. The molecule has 0 saturated heterocycles. The smallest absolute Gasteiger partial charge is 0.217 e. The summed E-state index contributed by atoms with van der Waals surface area (Å²) in [6.07, 6.45) is 2.69. The number of amides is 1. The fourth-order valence-corrected chi connectivity index (χ4v) is 3.14. The summed E-state index contributed by atoms with van der Waals surface area (Å²) in [5.41, 5.74) is 0.357. The van der Waals surface area contributed by atoms with Gasteiger partial charge in [-0.25, -0.2) is 8.78 Å². The summed E-state index contributed by atoms with van der Waals surface area (Å²) in [6.45, 7) is 3.34. The lowest BCUT2D eigenvalue weighted by Gasteiger charge is -2.33. The van der Waals surface area contributed by atoms with Crippen molar-refractivity contribution in [2.45, 2.75) is 63.8 Å². The van der Waals surface area contributed by atoms with Crippen LogP contribution >= 0.6 is 0 Å². The van der Waals surface area contributed by atoms with E-state index in [9.17, 15) is 18.7 Å². The third-order valence-electron chi connectivity index (χ3n) is 4.39. The van der Waals surface area contributed by atoms with Crippen molar-refractivity contribution in [3.63, 3.8) is 0 Å². The Balaban J connectivity index is 1.85. The van der Waals surface area contributed by atoms with Gasteiger partial charge in [0.25, 0.3) is 0 Å². The molecule has 128 valence electrons. The molecular formula is C17H24F2N2O2. The first-order valence-corrected chi connectivity index (χ1v) is 8.03. The highest BCUT2D eigenvalue weighted by molar-refractivity contribution is 5.73. The predicted octanol–water partition coefficient (Wildman–Crippen LogP) is 2.42. The van der Waals surface area contributed by atoms with E-state index in [1.165, 1.54) is 13.0 Å². The molecule has 0 aromatic heterocycles. The highest BCUT2D eigenvalue weighted by atomic mass is 19.2. The number of halogens is 2.